The monoisotopic (exact) mass is 391 g/mol. The average Bonchev–Trinajstić information content (AvgIpc) is 3.05. The highest BCUT2D eigenvalue weighted by molar-refractivity contribution is 5.59. The van der Waals surface area contributed by atoms with Crippen LogP contribution in [0.4, 0.5) is 13.2 Å². The molecule has 0 saturated carbocycles. The summed E-state index contributed by atoms with van der Waals surface area (Å²) < 4.78 is 45.9. The zero-order valence-electron chi connectivity index (χ0n) is 15.3. The van der Waals surface area contributed by atoms with E-state index < -0.39 is 18.3 Å². The molecule has 0 N–H and O–H groups in total. The molecule has 5 nitrogen and oxygen atoms in total. The number of halogens is 3. The summed E-state index contributed by atoms with van der Waals surface area (Å²) in [4.78, 5) is 11.6. The van der Waals surface area contributed by atoms with Crippen LogP contribution in [-0.4, -0.2) is 27.1 Å². The lowest BCUT2D eigenvalue weighted by atomic mass is 10.1. The first-order chi connectivity index (χ1) is 13.3. The van der Waals surface area contributed by atoms with Crippen LogP contribution in [0.2, 0.25) is 0 Å². The molecule has 0 aliphatic rings. The number of ether oxygens (including phenoxy) is 1. The molecule has 0 spiro atoms. The molecule has 0 aliphatic heterocycles. The molecular weight excluding hydrogens is 371 g/mol. The molecule has 0 aliphatic carbocycles. The van der Waals surface area contributed by atoms with Gasteiger partial charge in [-0.15, -0.1) is 0 Å². The zero-order chi connectivity index (χ0) is 20.1. The Kier molecular flexibility index (Phi) is 5.87. The molecule has 0 saturated heterocycles. The number of nitrogens with zero attached hydrogens (tertiary/aromatic N) is 3. The molecule has 1 aromatic carbocycles. The maximum absolute atomic E-state index is 12.6. The fraction of sp³-hybridized carbons (Fsp3) is 0.300. The summed E-state index contributed by atoms with van der Waals surface area (Å²) in [6, 6.07) is 13.4. The summed E-state index contributed by atoms with van der Waals surface area (Å²) in [6.07, 6.45) is -1.64. The molecular formula is C20H20F3N3O2. The van der Waals surface area contributed by atoms with Crippen molar-refractivity contribution in [3.05, 3.63) is 70.8 Å². The van der Waals surface area contributed by atoms with Crippen LogP contribution in [0, 0.1) is 6.92 Å². The minimum Gasteiger partial charge on any atom is -0.494 e. The molecule has 0 atom stereocenters. The van der Waals surface area contributed by atoms with Gasteiger partial charge in [-0.3, -0.25) is 4.79 Å². The summed E-state index contributed by atoms with van der Waals surface area (Å²) in [5, 5.41) is 3.81. The van der Waals surface area contributed by atoms with Crippen molar-refractivity contribution >= 4 is 0 Å². The minimum atomic E-state index is -4.51. The van der Waals surface area contributed by atoms with Crippen LogP contribution < -0.4 is 10.3 Å². The summed E-state index contributed by atoms with van der Waals surface area (Å²) in [7, 11) is 0. The highest BCUT2D eigenvalue weighted by Crippen LogP contribution is 2.21. The van der Waals surface area contributed by atoms with Crippen molar-refractivity contribution in [3.8, 4) is 17.0 Å². The number of hydrogen-bond donors (Lipinski definition) is 0. The third-order valence-electron chi connectivity index (χ3n) is 4.21. The van der Waals surface area contributed by atoms with Crippen molar-refractivity contribution in [1.29, 1.82) is 0 Å². The highest BCUT2D eigenvalue weighted by atomic mass is 19.4. The number of rotatable bonds is 7. The second-order valence-corrected chi connectivity index (χ2v) is 6.40. The van der Waals surface area contributed by atoms with E-state index in [0.29, 0.717) is 28.3 Å². The zero-order valence-corrected chi connectivity index (χ0v) is 15.3. The Bertz CT molecular complexity index is 975. The van der Waals surface area contributed by atoms with Gasteiger partial charge in [-0.25, -0.2) is 4.68 Å². The Morgan fingerprint density at radius 3 is 2.46 bits per heavy atom. The predicted molar refractivity (Wildman–Crippen MR) is 99.3 cm³/mol. The van der Waals surface area contributed by atoms with E-state index in [1.165, 1.54) is 11.8 Å². The van der Waals surface area contributed by atoms with E-state index >= 15 is 0 Å². The summed E-state index contributed by atoms with van der Waals surface area (Å²) in [6.45, 7) is 2.04. The maximum atomic E-state index is 12.6. The number of aromatic nitrogens is 3. The molecule has 0 bridgehead atoms. The lowest BCUT2D eigenvalue weighted by Crippen LogP contribution is -2.29. The van der Waals surface area contributed by atoms with Gasteiger partial charge in [0, 0.05) is 30.1 Å². The molecule has 148 valence electrons. The Hall–Kier alpha value is -3.03. The van der Waals surface area contributed by atoms with E-state index in [1.54, 1.807) is 24.3 Å². The summed E-state index contributed by atoms with van der Waals surface area (Å²) >= 11 is 0. The van der Waals surface area contributed by atoms with Gasteiger partial charge in [0.1, 0.15) is 12.3 Å². The van der Waals surface area contributed by atoms with Gasteiger partial charge < -0.3 is 9.30 Å². The highest BCUT2D eigenvalue weighted by Gasteiger charge is 2.29. The van der Waals surface area contributed by atoms with Gasteiger partial charge in [0.05, 0.1) is 12.3 Å². The summed E-state index contributed by atoms with van der Waals surface area (Å²) in [5.74, 6) is 0.664. The van der Waals surface area contributed by atoms with Gasteiger partial charge in [0.2, 0.25) is 0 Å². The summed E-state index contributed by atoms with van der Waals surface area (Å²) in [5.41, 5.74) is 1.30. The number of benzene rings is 1. The predicted octanol–water partition coefficient (Wildman–Crippen LogP) is 4.05. The topological polar surface area (TPSA) is 49.0 Å². The van der Waals surface area contributed by atoms with Crippen LogP contribution in [0.5, 0.6) is 5.75 Å². The Morgan fingerprint density at radius 1 is 1.07 bits per heavy atom. The van der Waals surface area contributed by atoms with Crippen molar-refractivity contribution in [3.63, 3.8) is 0 Å². The second-order valence-electron chi connectivity index (χ2n) is 6.40. The van der Waals surface area contributed by atoms with Crippen LogP contribution >= 0.6 is 0 Å². The first-order valence-electron chi connectivity index (χ1n) is 8.82. The third kappa shape index (κ3) is 5.25. The van der Waals surface area contributed by atoms with Gasteiger partial charge in [0.15, 0.2) is 0 Å². The van der Waals surface area contributed by atoms with Crippen LogP contribution in [0.1, 0.15) is 12.1 Å². The minimum absolute atomic E-state index is 0.290. The normalized spacial score (nSPS) is 11.6. The van der Waals surface area contributed by atoms with Crippen LogP contribution in [0.25, 0.3) is 11.3 Å². The van der Waals surface area contributed by atoms with Crippen LogP contribution in [-0.2, 0) is 13.1 Å². The molecule has 2 aromatic heterocycles. The molecule has 0 radical (unpaired) electrons. The molecule has 8 heteroatoms. The Morgan fingerprint density at radius 2 is 1.82 bits per heavy atom. The lowest BCUT2D eigenvalue weighted by Gasteiger charge is -2.11. The van der Waals surface area contributed by atoms with Crippen LogP contribution in [0.3, 0.4) is 0 Å². The Balaban J connectivity index is 1.60. The van der Waals surface area contributed by atoms with Gasteiger partial charge in [-0.2, -0.15) is 18.3 Å². The molecule has 0 unspecified atom stereocenters. The standard InChI is InChI=1S/C20H20F3N3O2/c1-15-4-2-11-25(15)12-3-13-28-17-7-5-16(6-8-17)18-9-10-19(27)26(24-18)14-20(21,22)23/h2,4-11H,3,12-14H2,1H3. The lowest BCUT2D eigenvalue weighted by molar-refractivity contribution is -0.143. The van der Waals surface area contributed by atoms with Crippen molar-refractivity contribution in [2.45, 2.75) is 32.6 Å². The quantitative estimate of drug-likeness (QED) is 0.571. The first-order valence-corrected chi connectivity index (χ1v) is 8.82. The van der Waals surface area contributed by atoms with Crippen molar-refractivity contribution in [2.24, 2.45) is 0 Å². The van der Waals surface area contributed by atoms with E-state index in [-0.39, 0.29) is 0 Å². The first kappa shape index (κ1) is 19.7. The Labute approximate surface area is 160 Å². The number of aryl methyl sites for hydroxylation is 2. The molecule has 0 amide bonds. The second kappa shape index (κ2) is 8.33. The largest absolute Gasteiger partial charge is 0.494 e. The van der Waals surface area contributed by atoms with Crippen molar-refractivity contribution < 1.29 is 17.9 Å². The van der Waals surface area contributed by atoms with E-state index in [4.69, 9.17) is 4.74 Å². The number of alkyl halides is 3. The SMILES string of the molecule is Cc1cccn1CCCOc1ccc(-c2ccc(=O)n(CC(F)(F)F)n2)cc1. The number of hydrogen-bond acceptors (Lipinski definition) is 3. The van der Waals surface area contributed by atoms with Crippen molar-refractivity contribution in [2.75, 3.05) is 6.61 Å². The van der Waals surface area contributed by atoms with E-state index in [2.05, 4.69) is 9.67 Å². The van der Waals surface area contributed by atoms with Crippen molar-refractivity contribution in [1.82, 2.24) is 14.3 Å². The fourth-order valence-electron chi connectivity index (χ4n) is 2.78. The maximum Gasteiger partial charge on any atom is 0.408 e. The van der Waals surface area contributed by atoms with E-state index in [0.717, 1.165) is 19.0 Å². The van der Waals surface area contributed by atoms with E-state index in [1.807, 2.05) is 25.3 Å². The average molecular weight is 391 g/mol. The molecule has 2 heterocycles. The molecule has 3 rings (SSSR count). The van der Waals surface area contributed by atoms with Gasteiger partial charge in [-0.1, -0.05) is 0 Å². The van der Waals surface area contributed by atoms with Crippen LogP contribution in [0.15, 0.2) is 59.5 Å². The van der Waals surface area contributed by atoms with Gasteiger partial charge in [0.25, 0.3) is 5.56 Å². The molecule has 28 heavy (non-hydrogen) atoms. The smallest absolute Gasteiger partial charge is 0.408 e. The third-order valence-corrected chi connectivity index (χ3v) is 4.21. The van der Waals surface area contributed by atoms with E-state index in [9.17, 15) is 18.0 Å². The fourth-order valence-corrected chi connectivity index (χ4v) is 2.78. The molecule has 3 aromatic rings. The van der Waals surface area contributed by atoms with Gasteiger partial charge >= 0.3 is 6.18 Å². The van der Waals surface area contributed by atoms with Gasteiger partial charge in [-0.05, 0) is 55.8 Å². The molecule has 0 fully saturated rings.